The van der Waals surface area contributed by atoms with E-state index in [0.717, 1.165) is 10.9 Å². The summed E-state index contributed by atoms with van der Waals surface area (Å²) >= 11 is 3.49. The zero-order valence-electron chi connectivity index (χ0n) is 9.79. The number of nitrogen functional groups attached to an aromatic ring is 1. The van der Waals surface area contributed by atoms with E-state index in [0.29, 0.717) is 17.9 Å². The molecule has 0 fully saturated rings. The molecule has 0 amide bonds. The fourth-order valence-corrected chi connectivity index (χ4v) is 2.23. The predicted octanol–water partition coefficient (Wildman–Crippen LogP) is 3.83. The highest BCUT2D eigenvalue weighted by Crippen LogP contribution is 2.22. The molecule has 18 heavy (non-hydrogen) atoms. The van der Waals surface area contributed by atoms with Crippen LogP contribution in [0, 0.1) is 5.82 Å². The molecule has 94 valence electrons. The first kappa shape index (κ1) is 12.9. The van der Waals surface area contributed by atoms with Crippen LogP contribution in [-0.4, -0.2) is 6.54 Å². The highest BCUT2D eigenvalue weighted by Gasteiger charge is 2.05. The molecule has 0 saturated carbocycles. The number of rotatable bonds is 4. The summed E-state index contributed by atoms with van der Waals surface area (Å²) < 4.78 is 14.6. The summed E-state index contributed by atoms with van der Waals surface area (Å²) in [5.74, 6) is -0.317. The van der Waals surface area contributed by atoms with E-state index >= 15 is 0 Å². The molecule has 2 aromatic carbocycles. The van der Waals surface area contributed by atoms with Gasteiger partial charge in [0.2, 0.25) is 0 Å². The van der Waals surface area contributed by atoms with E-state index in [4.69, 9.17) is 5.73 Å². The maximum atomic E-state index is 13.5. The Morgan fingerprint density at radius 1 is 1.11 bits per heavy atom. The second-order valence-electron chi connectivity index (χ2n) is 3.97. The van der Waals surface area contributed by atoms with E-state index in [1.165, 1.54) is 11.6 Å². The quantitative estimate of drug-likeness (QED) is 0.843. The lowest BCUT2D eigenvalue weighted by Crippen LogP contribution is -2.08. The maximum absolute atomic E-state index is 13.5. The molecule has 0 saturated heterocycles. The molecule has 0 radical (unpaired) electrons. The van der Waals surface area contributed by atoms with Crippen molar-refractivity contribution < 1.29 is 4.39 Å². The third-order valence-corrected chi connectivity index (χ3v) is 3.47. The summed E-state index contributed by atoms with van der Waals surface area (Å²) in [5.41, 5.74) is 7.71. The molecule has 0 heterocycles. The van der Waals surface area contributed by atoms with Crippen LogP contribution in [0.5, 0.6) is 0 Å². The van der Waals surface area contributed by atoms with E-state index < -0.39 is 0 Å². The van der Waals surface area contributed by atoms with Gasteiger partial charge in [0.15, 0.2) is 0 Å². The first-order valence-electron chi connectivity index (χ1n) is 5.70. The standard InChI is InChI=1S/C14H14BrFN2/c15-11-5-2-1-4-10(11)8-9-18-14-12(16)6-3-7-13(14)17/h1-7,18H,8-9,17H2. The van der Waals surface area contributed by atoms with Crippen molar-refractivity contribution in [2.45, 2.75) is 6.42 Å². The van der Waals surface area contributed by atoms with Crippen LogP contribution in [0.25, 0.3) is 0 Å². The Morgan fingerprint density at radius 2 is 1.89 bits per heavy atom. The van der Waals surface area contributed by atoms with Crippen LogP contribution in [0.3, 0.4) is 0 Å². The van der Waals surface area contributed by atoms with Gasteiger partial charge in [0, 0.05) is 11.0 Å². The fraction of sp³-hybridized carbons (Fsp3) is 0.143. The monoisotopic (exact) mass is 308 g/mol. The Morgan fingerprint density at radius 3 is 2.61 bits per heavy atom. The smallest absolute Gasteiger partial charge is 0.148 e. The second kappa shape index (κ2) is 5.87. The van der Waals surface area contributed by atoms with Crippen molar-refractivity contribution in [3.8, 4) is 0 Å². The largest absolute Gasteiger partial charge is 0.397 e. The molecule has 4 heteroatoms. The van der Waals surface area contributed by atoms with Crippen molar-refractivity contribution in [3.63, 3.8) is 0 Å². The van der Waals surface area contributed by atoms with Gasteiger partial charge in [-0.15, -0.1) is 0 Å². The van der Waals surface area contributed by atoms with Gasteiger partial charge in [-0.05, 0) is 30.2 Å². The molecule has 0 aliphatic carbocycles. The third kappa shape index (κ3) is 3.01. The summed E-state index contributed by atoms with van der Waals surface area (Å²) in [4.78, 5) is 0. The molecular formula is C14H14BrFN2. The third-order valence-electron chi connectivity index (χ3n) is 2.70. The normalized spacial score (nSPS) is 10.3. The van der Waals surface area contributed by atoms with Gasteiger partial charge in [-0.3, -0.25) is 0 Å². The van der Waals surface area contributed by atoms with Crippen molar-refractivity contribution in [2.75, 3.05) is 17.6 Å². The van der Waals surface area contributed by atoms with Crippen molar-refractivity contribution in [2.24, 2.45) is 0 Å². The van der Waals surface area contributed by atoms with Crippen LogP contribution in [0.15, 0.2) is 46.9 Å². The number of para-hydroxylation sites is 1. The number of anilines is 2. The SMILES string of the molecule is Nc1cccc(F)c1NCCc1ccccc1Br. The summed E-state index contributed by atoms with van der Waals surface area (Å²) in [6.07, 6.45) is 0.801. The molecule has 0 aromatic heterocycles. The molecule has 0 atom stereocenters. The van der Waals surface area contributed by atoms with E-state index in [-0.39, 0.29) is 5.82 Å². The van der Waals surface area contributed by atoms with E-state index in [9.17, 15) is 4.39 Å². The first-order valence-corrected chi connectivity index (χ1v) is 6.49. The Hall–Kier alpha value is -1.55. The Bertz CT molecular complexity index is 523. The van der Waals surface area contributed by atoms with E-state index in [2.05, 4.69) is 21.2 Å². The fourth-order valence-electron chi connectivity index (χ4n) is 1.75. The number of hydrogen-bond donors (Lipinski definition) is 2. The molecular weight excluding hydrogens is 295 g/mol. The van der Waals surface area contributed by atoms with Crippen molar-refractivity contribution in [3.05, 3.63) is 58.3 Å². The molecule has 0 aliphatic rings. The summed E-state index contributed by atoms with van der Waals surface area (Å²) in [6.45, 7) is 0.633. The molecule has 3 N–H and O–H groups in total. The van der Waals surface area contributed by atoms with Gasteiger partial charge in [0.1, 0.15) is 5.82 Å². The Kier molecular flexibility index (Phi) is 4.20. The van der Waals surface area contributed by atoms with Gasteiger partial charge in [-0.1, -0.05) is 40.2 Å². The molecule has 0 bridgehead atoms. The summed E-state index contributed by atoms with van der Waals surface area (Å²) in [5, 5.41) is 3.04. The minimum atomic E-state index is -0.317. The van der Waals surface area contributed by atoms with Gasteiger partial charge in [-0.2, -0.15) is 0 Å². The topological polar surface area (TPSA) is 38.0 Å². The Labute approximate surface area is 114 Å². The molecule has 0 spiro atoms. The molecule has 0 unspecified atom stereocenters. The van der Waals surface area contributed by atoms with Crippen LogP contribution < -0.4 is 11.1 Å². The van der Waals surface area contributed by atoms with Crippen LogP contribution in [-0.2, 0) is 6.42 Å². The summed E-state index contributed by atoms with van der Waals surface area (Å²) in [6, 6.07) is 12.7. The van der Waals surface area contributed by atoms with Crippen molar-refractivity contribution >= 4 is 27.3 Å². The molecule has 0 aliphatic heterocycles. The predicted molar refractivity (Wildman–Crippen MR) is 77.1 cm³/mol. The van der Waals surface area contributed by atoms with Gasteiger partial charge in [-0.25, -0.2) is 4.39 Å². The number of benzene rings is 2. The Balaban J connectivity index is 1.99. The minimum absolute atomic E-state index is 0.317. The van der Waals surface area contributed by atoms with Crippen molar-refractivity contribution in [1.82, 2.24) is 0 Å². The average molecular weight is 309 g/mol. The highest BCUT2D eigenvalue weighted by atomic mass is 79.9. The van der Waals surface area contributed by atoms with Gasteiger partial charge in [0.05, 0.1) is 11.4 Å². The number of nitrogens with one attached hydrogen (secondary N) is 1. The van der Waals surface area contributed by atoms with Crippen LogP contribution in [0.2, 0.25) is 0 Å². The highest BCUT2D eigenvalue weighted by molar-refractivity contribution is 9.10. The number of nitrogens with two attached hydrogens (primary N) is 1. The van der Waals surface area contributed by atoms with Gasteiger partial charge >= 0.3 is 0 Å². The molecule has 2 rings (SSSR count). The molecule has 2 nitrogen and oxygen atoms in total. The lowest BCUT2D eigenvalue weighted by molar-refractivity contribution is 0.630. The van der Waals surface area contributed by atoms with E-state index in [1.807, 2.05) is 24.3 Å². The van der Waals surface area contributed by atoms with Crippen molar-refractivity contribution in [1.29, 1.82) is 0 Å². The zero-order chi connectivity index (χ0) is 13.0. The van der Waals surface area contributed by atoms with Crippen LogP contribution in [0.4, 0.5) is 15.8 Å². The van der Waals surface area contributed by atoms with Gasteiger partial charge < -0.3 is 11.1 Å². The van der Waals surface area contributed by atoms with Crippen LogP contribution in [0.1, 0.15) is 5.56 Å². The minimum Gasteiger partial charge on any atom is -0.397 e. The van der Waals surface area contributed by atoms with Crippen LogP contribution >= 0.6 is 15.9 Å². The first-order chi connectivity index (χ1) is 8.68. The summed E-state index contributed by atoms with van der Waals surface area (Å²) in [7, 11) is 0. The lowest BCUT2D eigenvalue weighted by Gasteiger charge is -2.10. The molecule has 2 aromatic rings. The maximum Gasteiger partial charge on any atom is 0.148 e. The number of hydrogen-bond acceptors (Lipinski definition) is 2. The second-order valence-corrected chi connectivity index (χ2v) is 4.83. The van der Waals surface area contributed by atoms with Gasteiger partial charge in [0.25, 0.3) is 0 Å². The van der Waals surface area contributed by atoms with E-state index in [1.54, 1.807) is 12.1 Å². The lowest BCUT2D eigenvalue weighted by atomic mass is 10.1. The number of halogens is 2. The zero-order valence-corrected chi connectivity index (χ0v) is 11.4. The average Bonchev–Trinajstić information content (AvgIpc) is 2.35.